The average Bonchev–Trinajstić information content (AvgIpc) is 1.97. The van der Waals surface area contributed by atoms with Crippen LogP contribution in [-0.4, -0.2) is 36.1 Å². The van der Waals surface area contributed by atoms with E-state index in [1.54, 1.807) is 18.7 Å². The number of hydrogen-bond acceptors (Lipinski definition) is 3. The Morgan fingerprint density at radius 3 is 2.23 bits per heavy atom. The number of amides is 1. The molecule has 0 fully saturated rings. The first-order valence-electron chi connectivity index (χ1n) is 4.21. The Kier molecular flexibility index (Phi) is 4.48. The maximum absolute atomic E-state index is 10.9. The van der Waals surface area contributed by atoms with Crippen LogP contribution in [0.4, 0.5) is 0 Å². The van der Waals surface area contributed by atoms with Crippen molar-refractivity contribution in [2.24, 2.45) is 5.73 Å². The van der Waals surface area contributed by atoms with Crippen LogP contribution in [0.3, 0.4) is 0 Å². The number of carbonyl (C=O) groups is 1. The third kappa shape index (κ3) is 3.94. The van der Waals surface area contributed by atoms with E-state index in [2.05, 4.69) is 0 Å². The average molecular weight is 186 g/mol. The summed E-state index contributed by atoms with van der Waals surface area (Å²) in [4.78, 5) is 12.7. The van der Waals surface area contributed by atoms with Gasteiger partial charge in [-0.25, -0.2) is 0 Å². The van der Waals surface area contributed by atoms with Crippen LogP contribution in [-0.2, 0) is 4.79 Å². The van der Waals surface area contributed by atoms with E-state index in [4.69, 9.17) is 5.73 Å². The van der Waals surface area contributed by atoms with Gasteiger partial charge in [-0.3, -0.25) is 4.79 Å². The highest BCUT2D eigenvalue weighted by Gasteiger charge is 2.11. The normalized spacial score (nSPS) is 14.8. The zero-order valence-electron chi connectivity index (χ0n) is 8.66. The molecule has 0 spiro atoms. The molecule has 1 atom stereocenters. The highest BCUT2D eigenvalue weighted by atomic mass is 16.3. The Balaban J connectivity index is 4.78. The van der Waals surface area contributed by atoms with Crippen molar-refractivity contribution in [1.29, 1.82) is 0 Å². The molecule has 0 aliphatic carbocycles. The molecule has 0 radical (unpaired) electrons. The van der Waals surface area contributed by atoms with E-state index in [1.165, 1.54) is 0 Å². The predicted molar refractivity (Wildman–Crippen MR) is 51.9 cm³/mol. The van der Waals surface area contributed by atoms with Gasteiger partial charge in [0.05, 0.1) is 6.10 Å². The van der Waals surface area contributed by atoms with Gasteiger partial charge in [0, 0.05) is 31.8 Å². The molecule has 0 aliphatic heterocycles. The van der Waals surface area contributed by atoms with E-state index in [-0.39, 0.29) is 0 Å². The lowest BCUT2D eigenvalue weighted by molar-refractivity contribution is -0.114. The zero-order chi connectivity index (χ0) is 10.6. The second-order valence-corrected chi connectivity index (χ2v) is 3.38. The Labute approximate surface area is 79.0 Å². The van der Waals surface area contributed by atoms with Crippen molar-refractivity contribution < 1.29 is 9.90 Å². The van der Waals surface area contributed by atoms with E-state index in [0.717, 1.165) is 5.70 Å². The minimum atomic E-state index is -0.466. The van der Waals surface area contributed by atoms with E-state index in [0.29, 0.717) is 12.0 Å². The molecule has 0 aromatic heterocycles. The maximum atomic E-state index is 10.9. The highest BCUT2D eigenvalue weighted by molar-refractivity contribution is 5.91. The molecule has 0 aromatic carbocycles. The van der Waals surface area contributed by atoms with Gasteiger partial charge in [0.2, 0.25) is 5.91 Å². The summed E-state index contributed by atoms with van der Waals surface area (Å²) >= 11 is 0. The summed E-state index contributed by atoms with van der Waals surface area (Å²) in [5.74, 6) is -0.440. The number of hydrogen-bond donors (Lipinski definition) is 2. The van der Waals surface area contributed by atoms with Crippen LogP contribution >= 0.6 is 0 Å². The second-order valence-electron chi connectivity index (χ2n) is 3.38. The van der Waals surface area contributed by atoms with E-state index >= 15 is 0 Å². The lowest BCUT2D eigenvalue weighted by Crippen LogP contribution is -2.23. The van der Waals surface area contributed by atoms with Crippen LogP contribution < -0.4 is 5.73 Å². The Hall–Kier alpha value is -1.03. The smallest absolute Gasteiger partial charge is 0.246 e. The minimum absolute atomic E-state index is 0.440. The van der Waals surface area contributed by atoms with Crippen molar-refractivity contribution in [3.8, 4) is 0 Å². The molecule has 1 amide bonds. The van der Waals surface area contributed by atoms with Crippen molar-refractivity contribution in [1.82, 2.24) is 4.90 Å². The van der Waals surface area contributed by atoms with Gasteiger partial charge in [0.1, 0.15) is 0 Å². The SMILES string of the molecule is CC(C(N)=O)=C(CC(C)O)N(C)C. The molecule has 0 saturated carbocycles. The minimum Gasteiger partial charge on any atom is -0.393 e. The van der Waals surface area contributed by atoms with Gasteiger partial charge in [-0.05, 0) is 13.8 Å². The summed E-state index contributed by atoms with van der Waals surface area (Å²) < 4.78 is 0. The van der Waals surface area contributed by atoms with Crippen LogP contribution in [0, 0.1) is 0 Å². The summed E-state index contributed by atoms with van der Waals surface area (Å²) in [5, 5.41) is 9.19. The predicted octanol–water partition coefficient (Wildman–Crippen LogP) is 0.0782. The van der Waals surface area contributed by atoms with Crippen molar-refractivity contribution in [2.75, 3.05) is 14.1 Å². The molecule has 0 rings (SSSR count). The number of aliphatic hydroxyl groups excluding tert-OH is 1. The van der Waals surface area contributed by atoms with E-state index < -0.39 is 12.0 Å². The fourth-order valence-electron chi connectivity index (χ4n) is 1.09. The second kappa shape index (κ2) is 4.87. The first-order valence-corrected chi connectivity index (χ1v) is 4.21. The Morgan fingerprint density at radius 2 is 2.00 bits per heavy atom. The summed E-state index contributed by atoms with van der Waals surface area (Å²) in [6, 6.07) is 0. The molecule has 0 aromatic rings. The van der Waals surface area contributed by atoms with Crippen LogP contribution in [0.1, 0.15) is 20.3 Å². The maximum Gasteiger partial charge on any atom is 0.246 e. The van der Waals surface area contributed by atoms with Crippen molar-refractivity contribution >= 4 is 5.91 Å². The van der Waals surface area contributed by atoms with Gasteiger partial charge in [-0.2, -0.15) is 0 Å². The molecule has 3 N–H and O–H groups in total. The lowest BCUT2D eigenvalue weighted by atomic mass is 10.1. The molecule has 13 heavy (non-hydrogen) atoms. The topological polar surface area (TPSA) is 66.6 Å². The summed E-state index contributed by atoms with van der Waals surface area (Å²) in [7, 11) is 3.65. The summed E-state index contributed by atoms with van der Waals surface area (Å²) in [6.45, 7) is 3.35. The van der Waals surface area contributed by atoms with Gasteiger partial charge >= 0.3 is 0 Å². The standard InChI is InChI=1S/C9H18N2O2/c1-6(12)5-8(11(3)4)7(2)9(10)13/h6,12H,5H2,1-4H3,(H2,10,13). The molecule has 0 saturated heterocycles. The molecule has 76 valence electrons. The number of carbonyl (C=O) groups excluding carboxylic acids is 1. The van der Waals surface area contributed by atoms with Gasteiger partial charge < -0.3 is 15.7 Å². The molecule has 4 heteroatoms. The van der Waals surface area contributed by atoms with Crippen LogP contribution in [0.5, 0.6) is 0 Å². The first-order chi connectivity index (χ1) is 5.86. The van der Waals surface area contributed by atoms with Crippen molar-refractivity contribution in [3.05, 3.63) is 11.3 Å². The molecular formula is C9H18N2O2. The van der Waals surface area contributed by atoms with Gasteiger partial charge in [0.25, 0.3) is 0 Å². The summed E-state index contributed by atoms with van der Waals surface area (Å²) in [6.07, 6.45) is -0.0198. The molecule has 4 nitrogen and oxygen atoms in total. The van der Waals surface area contributed by atoms with Gasteiger partial charge in [-0.1, -0.05) is 0 Å². The zero-order valence-corrected chi connectivity index (χ0v) is 8.66. The number of nitrogens with zero attached hydrogens (tertiary/aromatic N) is 1. The number of nitrogens with two attached hydrogens (primary N) is 1. The molecule has 0 bridgehead atoms. The van der Waals surface area contributed by atoms with Crippen molar-refractivity contribution in [2.45, 2.75) is 26.4 Å². The van der Waals surface area contributed by atoms with Crippen LogP contribution in [0.15, 0.2) is 11.3 Å². The Bertz CT molecular complexity index is 220. The lowest BCUT2D eigenvalue weighted by Gasteiger charge is -2.20. The highest BCUT2D eigenvalue weighted by Crippen LogP contribution is 2.13. The number of primary amides is 1. The van der Waals surface area contributed by atoms with Gasteiger partial charge in [-0.15, -0.1) is 0 Å². The Morgan fingerprint density at radius 1 is 1.54 bits per heavy atom. The molecule has 0 heterocycles. The third-order valence-electron chi connectivity index (χ3n) is 1.83. The molecule has 0 aliphatic rings. The largest absolute Gasteiger partial charge is 0.393 e. The first kappa shape index (κ1) is 12.0. The molecule has 1 unspecified atom stereocenters. The van der Waals surface area contributed by atoms with Gasteiger partial charge in [0.15, 0.2) is 0 Å². The summed E-state index contributed by atoms with van der Waals surface area (Å²) in [5.41, 5.74) is 6.43. The van der Waals surface area contributed by atoms with E-state index in [1.807, 2.05) is 14.1 Å². The molecular weight excluding hydrogens is 168 g/mol. The number of rotatable bonds is 4. The van der Waals surface area contributed by atoms with Crippen LogP contribution in [0.2, 0.25) is 0 Å². The third-order valence-corrected chi connectivity index (χ3v) is 1.83. The van der Waals surface area contributed by atoms with E-state index in [9.17, 15) is 9.90 Å². The fraction of sp³-hybridized carbons (Fsp3) is 0.667. The van der Waals surface area contributed by atoms with Crippen LogP contribution in [0.25, 0.3) is 0 Å². The van der Waals surface area contributed by atoms with Crippen molar-refractivity contribution in [3.63, 3.8) is 0 Å². The number of aliphatic hydroxyl groups is 1. The fourth-order valence-corrected chi connectivity index (χ4v) is 1.09. The quantitative estimate of drug-likeness (QED) is 0.611. The monoisotopic (exact) mass is 186 g/mol.